The number of likely N-dealkylation sites (tertiary alicyclic amines) is 1. The van der Waals surface area contributed by atoms with E-state index in [1.165, 1.54) is 24.3 Å². The van der Waals surface area contributed by atoms with Crippen LogP contribution in [-0.4, -0.2) is 46.9 Å². The summed E-state index contributed by atoms with van der Waals surface area (Å²) >= 11 is 5.92. The van der Waals surface area contributed by atoms with Crippen LogP contribution in [0.3, 0.4) is 0 Å². The van der Waals surface area contributed by atoms with Gasteiger partial charge in [-0.15, -0.1) is 0 Å². The Balaban J connectivity index is 1.88. The van der Waals surface area contributed by atoms with E-state index >= 15 is 0 Å². The predicted octanol–water partition coefficient (Wildman–Crippen LogP) is 4.08. The van der Waals surface area contributed by atoms with Gasteiger partial charge in [-0.05, 0) is 31.2 Å². The maximum atomic E-state index is 13.2. The van der Waals surface area contributed by atoms with Crippen molar-refractivity contribution in [2.45, 2.75) is 25.6 Å². The van der Waals surface area contributed by atoms with E-state index in [0.717, 1.165) is 12.1 Å². The molecule has 7 nitrogen and oxygen atoms in total. The number of hydrogen-bond acceptors (Lipinski definition) is 6. The molecule has 11 heteroatoms. The first-order valence-corrected chi connectivity index (χ1v) is 9.57. The largest absolute Gasteiger partial charge is 0.495 e. The molecule has 1 fully saturated rings. The van der Waals surface area contributed by atoms with E-state index in [-0.39, 0.29) is 18.5 Å². The Hall–Kier alpha value is -3.14. The molecule has 0 saturated carbocycles. The molecule has 0 radical (unpaired) electrons. The highest BCUT2D eigenvalue weighted by Gasteiger charge is 2.37. The number of alkyl halides is 3. The van der Waals surface area contributed by atoms with Crippen LogP contribution in [0.25, 0.3) is 0 Å². The lowest BCUT2D eigenvalue weighted by atomic mass is 9.97. The van der Waals surface area contributed by atoms with Crippen LogP contribution in [-0.2, 0) is 6.18 Å². The number of aromatic nitrogens is 1. The van der Waals surface area contributed by atoms with Crippen molar-refractivity contribution in [1.29, 1.82) is 0 Å². The molecule has 1 saturated heterocycles. The molecule has 1 aromatic carbocycles. The fourth-order valence-electron chi connectivity index (χ4n) is 3.28. The molecule has 0 spiro atoms. The smallest absolute Gasteiger partial charge is 0.417 e. The van der Waals surface area contributed by atoms with Gasteiger partial charge < -0.3 is 15.5 Å². The highest BCUT2D eigenvalue weighted by Crippen LogP contribution is 2.37. The molecule has 1 unspecified atom stereocenters. The number of benzene rings is 1. The summed E-state index contributed by atoms with van der Waals surface area (Å²) in [5.41, 5.74) is -0.436. The van der Waals surface area contributed by atoms with Crippen molar-refractivity contribution in [2.75, 3.05) is 13.7 Å². The number of carbonyl (C=O) groups is 1. The zero-order valence-electron chi connectivity index (χ0n) is 16.7. The number of pyridine rings is 1. The van der Waals surface area contributed by atoms with E-state index in [0.29, 0.717) is 23.0 Å². The molecule has 1 aliphatic rings. The third kappa shape index (κ3) is 4.63. The fourth-order valence-corrected chi connectivity index (χ4v) is 3.59. The number of methoxy groups -OCH3 is 1. The zero-order valence-corrected chi connectivity index (χ0v) is 17.4. The van der Waals surface area contributed by atoms with E-state index in [2.05, 4.69) is 15.1 Å². The predicted molar refractivity (Wildman–Crippen MR) is 111 cm³/mol. The molecule has 0 aliphatic carbocycles. The quantitative estimate of drug-likeness (QED) is 0.559. The molecule has 2 heterocycles. The summed E-state index contributed by atoms with van der Waals surface area (Å²) < 4.78 is 44.5. The van der Waals surface area contributed by atoms with Crippen molar-refractivity contribution in [1.82, 2.24) is 9.88 Å². The second-order valence-electron chi connectivity index (χ2n) is 6.72. The summed E-state index contributed by atoms with van der Waals surface area (Å²) in [6.45, 7) is 1.86. The van der Waals surface area contributed by atoms with E-state index in [9.17, 15) is 18.0 Å². The van der Waals surface area contributed by atoms with E-state index in [1.54, 1.807) is 19.1 Å². The summed E-state index contributed by atoms with van der Waals surface area (Å²) in [5, 5.41) is 3.13. The summed E-state index contributed by atoms with van der Waals surface area (Å²) in [6, 6.07) is 5.97. The van der Waals surface area contributed by atoms with Gasteiger partial charge in [0.25, 0.3) is 5.91 Å². The number of carbonyl (C=O) groups excluding carboxylic acids is 1. The summed E-state index contributed by atoms with van der Waals surface area (Å²) in [6.07, 6.45) is -2.87. The number of nitrogens with two attached hydrogens (primary N) is 1. The van der Waals surface area contributed by atoms with E-state index < -0.39 is 28.7 Å². The van der Waals surface area contributed by atoms with Gasteiger partial charge in [-0.3, -0.25) is 4.79 Å². The second-order valence-corrected chi connectivity index (χ2v) is 7.10. The molecule has 3 rings (SSSR count). The van der Waals surface area contributed by atoms with E-state index in [4.69, 9.17) is 22.2 Å². The molecular formula is C20H19ClF3N5O2. The molecule has 2 N–H and O–H groups in total. The Morgan fingerprint density at radius 3 is 2.65 bits per heavy atom. The molecule has 1 atom stereocenters. The number of aliphatic imine (C=N–C) groups is 1. The fraction of sp³-hybridized carbons (Fsp3) is 0.300. The average molecular weight is 454 g/mol. The lowest BCUT2D eigenvalue weighted by Gasteiger charge is -2.35. The van der Waals surface area contributed by atoms with Gasteiger partial charge in [0.15, 0.2) is 5.82 Å². The third-order valence-electron chi connectivity index (χ3n) is 4.89. The monoisotopic (exact) mass is 453 g/mol. The molecular weight excluding hydrogens is 435 g/mol. The topological polar surface area (TPSA) is 93.2 Å². The average Bonchev–Trinajstić information content (AvgIpc) is 2.73. The SMILES string of the molecule is COc1ccc(N=C2CCN(C(=O)c3cccc(C(F)(F)F)c3Cl)C(C)C2=NN)nc1. The van der Waals surface area contributed by atoms with Crippen LogP contribution in [0, 0.1) is 0 Å². The van der Waals surface area contributed by atoms with Gasteiger partial charge >= 0.3 is 6.18 Å². The molecule has 2 aromatic rings. The van der Waals surface area contributed by atoms with Crippen LogP contribution in [0.5, 0.6) is 5.75 Å². The van der Waals surface area contributed by atoms with Gasteiger partial charge in [0.1, 0.15) is 11.5 Å². The minimum Gasteiger partial charge on any atom is -0.495 e. The van der Waals surface area contributed by atoms with Crippen molar-refractivity contribution in [3.8, 4) is 5.75 Å². The lowest BCUT2D eigenvalue weighted by molar-refractivity contribution is -0.137. The van der Waals surface area contributed by atoms with Crippen LogP contribution >= 0.6 is 11.6 Å². The van der Waals surface area contributed by atoms with Crippen molar-refractivity contribution >= 4 is 34.7 Å². The Bertz CT molecular complexity index is 1040. The van der Waals surface area contributed by atoms with E-state index in [1.807, 2.05) is 0 Å². The number of ether oxygens (including phenoxy) is 1. The van der Waals surface area contributed by atoms with Gasteiger partial charge in [-0.2, -0.15) is 18.3 Å². The minimum atomic E-state index is -4.67. The zero-order chi connectivity index (χ0) is 22.8. The maximum Gasteiger partial charge on any atom is 0.417 e. The number of hydrogen-bond donors (Lipinski definition) is 1. The number of halogens is 4. The first kappa shape index (κ1) is 22.5. The van der Waals surface area contributed by atoms with Gasteiger partial charge in [-0.25, -0.2) is 9.98 Å². The lowest BCUT2D eigenvalue weighted by Crippen LogP contribution is -2.51. The molecule has 1 amide bonds. The molecule has 31 heavy (non-hydrogen) atoms. The van der Waals surface area contributed by atoms with Gasteiger partial charge in [0, 0.05) is 13.0 Å². The number of rotatable bonds is 3. The molecule has 0 bridgehead atoms. The minimum absolute atomic E-state index is 0.195. The Kier molecular flexibility index (Phi) is 6.49. The van der Waals surface area contributed by atoms with Crippen LogP contribution in [0.4, 0.5) is 19.0 Å². The molecule has 164 valence electrons. The van der Waals surface area contributed by atoms with Crippen LogP contribution in [0.2, 0.25) is 5.02 Å². The number of nitrogens with zero attached hydrogens (tertiary/aromatic N) is 4. The Morgan fingerprint density at radius 2 is 2.06 bits per heavy atom. The number of hydrazone groups is 1. The standard InChI is InChI=1S/C20H19ClF3N5O2/c1-11-18(28-25)15(27-16-7-6-12(31-2)10-26-16)8-9-29(11)19(30)13-4-3-5-14(17(13)21)20(22,23)24/h3-7,10-11H,8-9,25H2,1-2H3. The summed E-state index contributed by atoms with van der Waals surface area (Å²) in [7, 11) is 1.52. The summed E-state index contributed by atoms with van der Waals surface area (Å²) in [4.78, 5) is 23.0. The Morgan fingerprint density at radius 1 is 1.32 bits per heavy atom. The maximum absolute atomic E-state index is 13.2. The van der Waals surface area contributed by atoms with Crippen molar-refractivity contribution < 1.29 is 22.7 Å². The highest BCUT2D eigenvalue weighted by atomic mass is 35.5. The van der Waals surface area contributed by atoms with Crippen LogP contribution in [0.15, 0.2) is 46.6 Å². The second kappa shape index (κ2) is 8.93. The van der Waals surface area contributed by atoms with Gasteiger partial charge in [0.05, 0.1) is 41.2 Å². The van der Waals surface area contributed by atoms with Crippen molar-refractivity contribution in [3.63, 3.8) is 0 Å². The first-order chi connectivity index (χ1) is 14.7. The molecule has 1 aromatic heterocycles. The van der Waals surface area contributed by atoms with Crippen molar-refractivity contribution in [3.05, 3.63) is 52.7 Å². The normalized spacial score (nSPS) is 19.7. The number of amides is 1. The highest BCUT2D eigenvalue weighted by molar-refractivity contribution is 6.45. The first-order valence-electron chi connectivity index (χ1n) is 9.19. The Labute approximate surface area is 181 Å². The summed E-state index contributed by atoms with van der Waals surface area (Å²) in [5.74, 6) is 5.88. The van der Waals surface area contributed by atoms with Crippen molar-refractivity contribution in [2.24, 2.45) is 15.9 Å². The van der Waals surface area contributed by atoms with Crippen LogP contribution < -0.4 is 10.6 Å². The van der Waals surface area contributed by atoms with Gasteiger partial charge in [-0.1, -0.05) is 17.7 Å². The molecule has 1 aliphatic heterocycles. The third-order valence-corrected chi connectivity index (χ3v) is 5.30. The van der Waals surface area contributed by atoms with Crippen LogP contribution in [0.1, 0.15) is 29.3 Å². The number of piperidine rings is 1. The van der Waals surface area contributed by atoms with Gasteiger partial charge in [0.2, 0.25) is 0 Å².